The minimum atomic E-state index is 0.591. The monoisotopic (exact) mass is 172 g/mol. The van der Waals surface area contributed by atoms with Crippen LogP contribution in [-0.2, 0) is 6.42 Å². The van der Waals surface area contributed by atoms with Gasteiger partial charge in [-0.15, -0.1) is 0 Å². The van der Waals surface area contributed by atoms with Gasteiger partial charge in [0.05, 0.1) is 0 Å². The first-order valence-electron chi connectivity index (χ1n) is 4.44. The average Bonchev–Trinajstić information content (AvgIpc) is 2.17. The van der Waals surface area contributed by atoms with Gasteiger partial charge in [-0.2, -0.15) is 0 Å². The van der Waals surface area contributed by atoms with Crippen LogP contribution in [0.1, 0.15) is 12.5 Å². The highest BCUT2D eigenvalue weighted by molar-refractivity contribution is 5.86. The largest absolute Gasteiger partial charge is 0.384 e. The smallest absolute Gasteiger partial charge is 0.123 e. The van der Waals surface area contributed by atoms with Crippen LogP contribution in [0.3, 0.4) is 0 Å². The molecule has 0 aliphatic carbocycles. The SMILES string of the molecule is CCc1cccc2cnc(N)cc12. The van der Waals surface area contributed by atoms with Crippen LogP contribution in [0, 0.1) is 0 Å². The van der Waals surface area contributed by atoms with E-state index in [0.29, 0.717) is 5.82 Å². The van der Waals surface area contributed by atoms with E-state index >= 15 is 0 Å². The fourth-order valence-electron chi connectivity index (χ4n) is 1.56. The summed E-state index contributed by atoms with van der Waals surface area (Å²) < 4.78 is 0. The van der Waals surface area contributed by atoms with Crippen molar-refractivity contribution < 1.29 is 0 Å². The van der Waals surface area contributed by atoms with Crippen LogP contribution in [-0.4, -0.2) is 4.98 Å². The molecule has 1 heterocycles. The molecule has 0 saturated heterocycles. The molecule has 2 nitrogen and oxygen atoms in total. The Labute approximate surface area is 77.4 Å². The van der Waals surface area contributed by atoms with Crippen LogP contribution in [0.15, 0.2) is 30.5 Å². The molecule has 2 N–H and O–H groups in total. The summed E-state index contributed by atoms with van der Waals surface area (Å²) in [6.07, 6.45) is 2.85. The summed E-state index contributed by atoms with van der Waals surface area (Å²) in [5.74, 6) is 0.591. The van der Waals surface area contributed by atoms with Gasteiger partial charge < -0.3 is 5.73 Å². The maximum atomic E-state index is 5.64. The van der Waals surface area contributed by atoms with Gasteiger partial charge in [0.2, 0.25) is 0 Å². The lowest BCUT2D eigenvalue weighted by Gasteiger charge is -2.03. The number of hydrogen-bond acceptors (Lipinski definition) is 2. The van der Waals surface area contributed by atoms with Crippen molar-refractivity contribution in [2.24, 2.45) is 0 Å². The molecule has 66 valence electrons. The van der Waals surface area contributed by atoms with Crippen molar-refractivity contribution in [1.29, 1.82) is 0 Å². The summed E-state index contributed by atoms with van der Waals surface area (Å²) in [5.41, 5.74) is 6.96. The van der Waals surface area contributed by atoms with E-state index in [2.05, 4.69) is 30.1 Å². The van der Waals surface area contributed by atoms with Crippen molar-refractivity contribution in [2.45, 2.75) is 13.3 Å². The Kier molecular flexibility index (Phi) is 1.89. The van der Waals surface area contributed by atoms with Gasteiger partial charge in [-0.1, -0.05) is 25.1 Å². The second-order valence-corrected chi connectivity index (χ2v) is 3.10. The zero-order valence-corrected chi connectivity index (χ0v) is 7.62. The van der Waals surface area contributed by atoms with Crippen LogP contribution < -0.4 is 5.73 Å². The van der Waals surface area contributed by atoms with Gasteiger partial charge >= 0.3 is 0 Å². The number of nitrogen functional groups attached to an aromatic ring is 1. The molecule has 1 aromatic carbocycles. The number of aromatic nitrogens is 1. The molecule has 0 amide bonds. The normalized spacial score (nSPS) is 10.5. The molecule has 2 heteroatoms. The van der Waals surface area contributed by atoms with Gasteiger partial charge in [0.1, 0.15) is 5.82 Å². The third-order valence-electron chi connectivity index (χ3n) is 2.26. The molecule has 2 aromatic rings. The molecule has 0 spiro atoms. The first-order chi connectivity index (χ1) is 6.31. The van der Waals surface area contributed by atoms with Crippen molar-refractivity contribution in [1.82, 2.24) is 4.98 Å². The van der Waals surface area contributed by atoms with Crippen LogP contribution in [0.2, 0.25) is 0 Å². The quantitative estimate of drug-likeness (QED) is 0.717. The molecule has 2 rings (SSSR count). The third kappa shape index (κ3) is 1.35. The molecule has 0 aliphatic heterocycles. The van der Waals surface area contributed by atoms with E-state index in [-0.39, 0.29) is 0 Å². The van der Waals surface area contributed by atoms with Crippen molar-refractivity contribution in [3.05, 3.63) is 36.0 Å². The Hall–Kier alpha value is -1.57. The Bertz CT molecular complexity index is 435. The van der Waals surface area contributed by atoms with Crippen molar-refractivity contribution in [3.8, 4) is 0 Å². The average molecular weight is 172 g/mol. The minimum absolute atomic E-state index is 0.591. The predicted molar refractivity (Wildman–Crippen MR) is 55.5 cm³/mol. The number of nitrogens with zero attached hydrogens (tertiary/aromatic N) is 1. The van der Waals surface area contributed by atoms with Gasteiger partial charge in [0, 0.05) is 11.6 Å². The number of rotatable bonds is 1. The summed E-state index contributed by atoms with van der Waals surface area (Å²) >= 11 is 0. The maximum Gasteiger partial charge on any atom is 0.123 e. The molecule has 13 heavy (non-hydrogen) atoms. The third-order valence-corrected chi connectivity index (χ3v) is 2.26. The summed E-state index contributed by atoms with van der Waals surface area (Å²) in [4.78, 5) is 4.06. The topological polar surface area (TPSA) is 38.9 Å². The van der Waals surface area contributed by atoms with Crippen molar-refractivity contribution in [2.75, 3.05) is 5.73 Å². The zero-order valence-electron chi connectivity index (χ0n) is 7.62. The number of anilines is 1. The zero-order chi connectivity index (χ0) is 9.26. The Balaban J connectivity index is 2.79. The highest BCUT2D eigenvalue weighted by Gasteiger charge is 1.99. The minimum Gasteiger partial charge on any atom is -0.384 e. The second-order valence-electron chi connectivity index (χ2n) is 3.10. The van der Waals surface area contributed by atoms with Gasteiger partial charge in [0.25, 0.3) is 0 Å². The lowest BCUT2D eigenvalue weighted by atomic mass is 10.0. The number of benzene rings is 1. The predicted octanol–water partition coefficient (Wildman–Crippen LogP) is 2.38. The first-order valence-corrected chi connectivity index (χ1v) is 4.44. The number of fused-ring (bicyclic) bond motifs is 1. The van der Waals surface area contributed by atoms with E-state index in [9.17, 15) is 0 Å². The van der Waals surface area contributed by atoms with E-state index in [1.807, 2.05) is 12.3 Å². The van der Waals surface area contributed by atoms with Gasteiger partial charge in [-0.05, 0) is 23.4 Å². The molecule has 0 saturated carbocycles. The fourth-order valence-corrected chi connectivity index (χ4v) is 1.56. The molecule has 0 aliphatic rings. The molecule has 0 atom stereocenters. The van der Waals surface area contributed by atoms with Crippen LogP contribution >= 0.6 is 0 Å². The summed E-state index contributed by atoms with van der Waals surface area (Å²) in [7, 11) is 0. The van der Waals surface area contributed by atoms with E-state index in [1.165, 1.54) is 10.9 Å². The van der Waals surface area contributed by atoms with Gasteiger partial charge in [0.15, 0.2) is 0 Å². The number of pyridine rings is 1. The highest BCUT2D eigenvalue weighted by atomic mass is 14.8. The Morgan fingerprint density at radius 2 is 2.23 bits per heavy atom. The molecular weight excluding hydrogens is 160 g/mol. The van der Waals surface area contributed by atoms with Crippen LogP contribution in [0.25, 0.3) is 10.8 Å². The van der Waals surface area contributed by atoms with Crippen molar-refractivity contribution in [3.63, 3.8) is 0 Å². The van der Waals surface area contributed by atoms with E-state index < -0.39 is 0 Å². The summed E-state index contributed by atoms with van der Waals surface area (Å²) in [5, 5.41) is 2.38. The summed E-state index contributed by atoms with van der Waals surface area (Å²) in [6.45, 7) is 2.14. The van der Waals surface area contributed by atoms with E-state index in [0.717, 1.165) is 11.8 Å². The summed E-state index contributed by atoms with van der Waals surface area (Å²) in [6, 6.07) is 8.18. The molecule has 0 fully saturated rings. The van der Waals surface area contributed by atoms with E-state index in [1.54, 1.807) is 0 Å². The Morgan fingerprint density at radius 3 is 3.00 bits per heavy atom. The highest BCUT2D eigenvalue weighted by Crippen LogP contribution is 2.19. The van der Waals surface area contributed by atoms with Crippen LogP contribution in [0.4, 0.5) is 5.82 Å². The molecule has 0 radical (unpaired) electrons. The number of aryl methyl sites for hydroxylation is 1. The number of nitrogens with two attached hydrogens (primary N) is 1. The fraction of sp³-hybridized carbons (Fsp3) is 0.182. The maximum absolute atomic E-state index is 5.64. The Morgan fingerprint density at radius 1 is 1.38 bits per heavy atom. The molecule has 0 unspecified atom stereocenters. The van der Waals surface area contributed by atoms with Crippen LogP contribution in [0.5, 0.6) is 0 Å². The molecule has 0 bridgehead atoms. The second kappa shape index (κ2) is 3.05. The number of hydrogen-bond donors (Lipinski definition) is 1. The molecule has 1 aromatic heterocycles. The van der Waals surface area contributed by atoms with E-state index in [4.69, 9.17) is 5.73 Å². The van der Waals surface area contributed by atoms with Crippen molar-refractivity contribution >= 4 is 16.6 Å². The standard InChI is InChI=1S/C11H12N2/c1-2-8-4-3-5-9-7-13-11(12)6-10(8)9/h3-7H,2H2,1H3,(H2,12,13). The lowest BCUT2D eigenvalue weighted by molar-refractivity contribution is 1.16. The van der Waals surface area contributed by atoms with Gasteiger partial charge in [-0.3, -0.25) is 0 Å². The first kappa shape index (κ1) is 8.05. The van der Waals surface area contributed by atoms with Gasteiger partial charge in [-0.25, -0.2) is 4.98 Å². The molecular formula is C11H12N2. The lowest BCUT2D eigenvalue weighted by Crippen LogP contribution is -1.91.